The second-order valence-electron chi connectivity index (χ2n) is 10.9. The minimum atomic E-state index is -1.34. The molecule has 260 valence electrons. The van der Waals surface area contributed by atoms with Crippen LogP contribution in [0.25, 0.3) is 0 Å². The number of hydrogen-bond acceptors (Lipinski definition) is 10. The molecule has 0 aliphatic heterocycles. The molecule has 0 aliphatic rings. The Morgan fingerprint density at radius 2 is 0.816 bits per heavy atom. The van der Waals surface area contributed by atoms with Crippen molar-refractivity contribution >= 4 is 35.5 Å². The zero-order chi connectivity index (χ0) is 35.9. The molecule has 3 aromatic rings. The van der Waals surface area contributed by atoms with E-state index >= 15 is 0 Å². The Labute approximate surface area is 280 Å². The zero-order valence-electron chi connectivity index (χ0n) is 26.2. The molecule has 0 radical (unpaired) electrons. The summed E-state index contributed by atoms with van der Waals surface area (Å²) in [6.07, 6.45) is -0.153. The molecule has 0 aromatic heterocycles. The van der Waals surface area contributed by atoms with Crippen LogP contribution < -0.4 is 32.3 Å². The van der Waals surface area contributed by atoms with Gasteiger partial charge in [0, 0.05) is 19.3 Å². The number of carbonyl (C=O) groups excluding carboxylic acids is 5. The quantitative estimate of drug-likeness (QED) is 0.0790. The van der Waals surface area contributed by atoms with E-state index in [0.29, 0.717) is 16.7 Å². The monoisotopic (exact) mass is 678 g/mol. The highest BCUT2D eigenvalue weighted by Crippen LogP contribution is 2.14. The summed E-state index contributed by atoms with van der Waals surface area (Å²) in [4.78, 5) is 75.3. The maximum absolute atomic E-state index is 13.2. The SMILES string of the molecule is NCC(=O)N[C@@H](Cc1ccc(O)cc1)C(=O)NCC(=O)N[C@@H](Cc1ccc(O)cc1)C(=O)NCC(=O)N[C@@H](Cc1ccc(O)cc1)C(=O)O. The molecular weight excluding hydrogens is 640 g/mol. The molecule has 16 nitrogen and oxygen atoms in total. The van der Waals surface area contributed by atoms with Gasteiger partial charge in [0.05, 0.1) is 19.6 Å². The van der Waals surface area contributed by atoms with Crippen molar-refractivity contribution in [3.63, 3.8) is 0 Å². The van der Waals surface area contributed by atoms with Crippen molar-refractivity contribution in [3.8, 4) is 17.2 Å². The van der Waals surface area contributed by atoms with Gasteiger partial charge in [-0.3, -0.25) is 24.0 Å². The van der Waals surface area contributed by atoms with Gasteiger partial charge in [0.25, 0.3) is 0 Å². The van der Waals surface area contributed by atoms with Crippen molar-refractivity contribution in [3.05, 3.63) is 89.5 Å². The lowest BCUT2D eigenvalue weighted by atomic mass is 10.0. The average molecular weight is 679 g/mol. The van der Waals surface area contributed by atoms with Crippen molar-refractivity contribution in [2.45, 2.75) is 37.4 Å². The molecule has 3 rings (SSSR count). The second-order valence-corrected chi connectivity index (χ2v) is 10.9. The smallest absolute Gasteiger partial charge is 0.326 e. The lowest BCUT2D eigenvalue weighted by Gasteiger charge is -2.21. The largest absolute Gasteiger partial charge is 0.508 e. The number of carbonyl (C=O) groups is 6. The minimum Gasteiger partial charge on any atom is -0.508 e. The van der Waals surface area contributed by atoms with Crippen LogP contribution in [0.4, 0.5) is 0 Å². The van der Waals surface area contributed by atoms with Crippen molar-refractivity contribution < 1.29 is 49.2 Å². The molecule has 0 bridgehead atoms. The molecule has 3 aromatic carbocycles. The first-order chi connectivity index (χ1) is 23.3. The summed E-state index contributed by atoms with van der Waals surface area (Å²) in [7, 11) is 0. The van der Waals surface area contributed by atoms with E-state index < -0.39 is 66.7 Å². The standard InChI is InChI=1S/C33H38N6O10/c34-16-28(43)37-25(13-19-1-7-22(40)8-2-19)31(46)35-17-29(44)38-26(14-20-3-9-23(41)10-4-20)32(47)36-18-30(45)39-27(33(48)49)15-21-5-11-24(42)12-6-21/h1-12,25-27,40-42H,13-18,34H2,(H,35,46)(H,36,47)(H,37,43)(H,38,44)(H,39,45)(H,48,49)/t25-,26-,27-/m0/s1. The molecule has 0 heterocycles. The van der Waals surface area contributed by atoms with E-state index in [-0.39, 0.29) is 43.1 Å². The summed E-state index contributed by atoms with van der Waals surface area (Å²) in [5, 5.41) is 50.2. The fourth-order valence-electron chi connectivity index (χ4n) is 4.55. The number of aromatic hydroxyl groups is 3. The number of rotatable bonds is 17. The Balaban J connectivity index is 1.63. The number of benzene rings is 3. The second kappa shape index (κ2) is 18.2. The van der Waals surface area contributed by atoms with Crippen LogP contribution in [-0.4, -0.2) is 93.7 Å². The fourth-order valence-corrected chi connectivity index (χ4v) is 4.55. The third-order valence-electron chi connectivity index (χ3n) is 7.10. The summed E-state index contributed by atoms with van der Waals surface area (Å²) in [6.45, 7) is -1.61. The number of hydrogen-bond donors (Lipinski definition) is 10. The van der Waals surface area contributed by atoms with E-state index in [0.717, 1.165) is 0 Å². The highest BCUT2D eigenvalue weighted by atomic mass is 16.4. The Kier molecular flexibility index (Phi) is 13.9. The molecule has 49 heavy (non-hydrogen) atoms. The normalized spacial score (nSPS) is 12.4. The van der Waals surface area contributed by atoms with Crippen LogP contribution in [0.5, 0.6) is 17.2 Å². The van der Waals surface area contributed by atoms with Gasteiger partial charge >= 0.3 is 5.97 Å². The van der Waals surface area contributed by atoms with Gasteiger partial charge in [-0.15, -0.1) is 0 Å². The summed E-state index contributed by atoms with van der Waals surface area (Å²) in [5.74, 6) is -5.09. The number of phenols is 3. The maximum atomic E-state index is 13.2. The van der Waals surface area contributed by atoms with Gasteiger partial charge in [0.2, 0.25) is 29.5 Å². The number of aliphatic carboxylic acids is 1. The van der Waals surface area contributed by atoms with Crippen LogP contribution in [-0.2, 0) is 48.0 Å². The van der Waals surface area contributed by atoms with E-state index in [9.17, 15) is 49.2 Å². The van der Waals surface area contributed by atoms with Gasteiger partial charge in [-0.2, -0.15) is 0 Å². The number of nitrogens with two attached hydrogens (primary N) is 1. The van der Waals surface area contributed by atoms with Crippen LogP contribution in [0.15, 0.2) is 72.8 Å². The number of nitrogens with one attached hydrogen (secondary N) is 5. The summed E-state index contributed by atoms with van der Waals surface area (Å²) < 4.78 is 0. The van der Waals surface area contributed by atoms with Gasteiger partial charge in [-0.25, -0.2) is 4.79 Å². The highest BCUT2D eigenvalue weighted by Gasteiger charge is 2.26. The van der Waals surface area contributed by atoms with Crippen LogP contribution in [0, 0.1) is 0 Å². The van der Waals surface area contributed by atoms with Crippen LogP contribution >= 0.6 is 0 Å². The maximum Gasteiger partial charge on any atom is 0.326 e. The number of carboxylic acid groups (broad SMARTS) is 1. The summed E-state index contributed by atoms with van der Waals surface area (Å²) in [5.41, 5.74) is 7.04. The Morgan fingerprint density at radius 3 is 1.14 bits per heavy atom. The van der Waals surface area contributed by atoms with Crippen molar-refractivity contribution in [2.24, 2.45) is 5.73 Å². The lowest BCUT2D eigenvalue weighted by molar-refractivity contribution is -0.141. The third-order valence-corrected chi connectivity index (χ3v) is 7.10. The zero-order valence-corrected chi connectivity index (χ0v) is 26.2. The number of phenolic OH excluding ortho intramolecular Hbond substituents is 3. The van der Waals surface area contributed by atoms with E-state index in [1.165, 1.54) is 60.7 Å². The van der Waals surface area contributed by atoms with Gasteiger partial charge in [0.1, 0.15) is 35.4 Å². The summed E-state index contributed by atoms with van der Waals surface area (Å²) in [6, 6.07) is 13.8. The predicted octanol–water partition coefficient (Wildman–Crippen LogP) is -1.44. The van der Waals surface area contributed by atoms with E-state index in [4.69, 9.17) is 5.73 Å². The van der Waals surface area contributed by atoms with Crippen molar-refractivity contribution in [2.75, 3.05) is 19.6 Å². The van der Waals surface area contributed by atoms with Crippen LogP contribution in [0.2, 0.25) is 0 Å². The molecule has 0 aliphatic carbocycles. The summed E-state index contributed by atoms with van der Waals surface area (Å²) >= 11 is 0. The first kappa shape index (κ1) is 37.3. The molecule has 5 amide bonds. The Hall–Kier alpha value is -6.16. The van der Waals surface area contributed by atoms with Crippen molar-refractivity contribution in [1.82, 2.24) is 26.6 Å². The van der Waals surface area contributed by atoms with Crippen LogP contribution in [0.1, 0.15) is 16.7 Å². The highest BCUT2D eigenvalue weighted by molar-refractivity contribution is 5.94. The molecular formula is C33H38N6O10. The molecule has 0 fully saturated rings. The first-order valence-electron chi connectivity index (χ1n) is 15.0. The average Bonchev–Trinajstić information content (AvgIpc) is 3.07. The van der Waals surface area contributed by atoms with E-state index in [1.54, 1.807) is 12.1 Å². The van der Waals surface area contributed by atoms with Crippen LogP contribution in [0.3, 0.4) is 0 Å². The molecule has 0 saturated heterocycles. The molecule has 16 heteroatoms. The van der Waals surface area contributed by atoms with Gasteiger partial charge < -0.3 is 52.7 Å². The fraction of sp³-hybridized carbons (Fsp3) is 0.273. The Morgan fingerprint density at radius 1 is 0.510 bits per heavy atom. The number of amides is 5. The predicted molar refractivity (Wildman–Crippen MR) is 174 cm³/mol. The number of carboxylic acids is 1. The van der Waals surface area contributed by atoms with Gasteiger partial charge in [-0.05, 0) is 53.1 Å². The van der Waals surface area contributed by atoms with Gasteiger partial charge in [-0.1, -0.05) is 36.4 Å². The van der Waals surface area contributed by atoms with Crippen molar-refractivity contribution in [1.29, 1.82) is 0 Å². The molecule has 0 spiro atoms. The minimum absolute atomic E-state index is 0.00834. The molecule has 0 unspecified atom stereocenters. The Bertz CT molecular complexity index is 1610. The third kappa shape index (κ3) is 12.9. The van der Waals surface area contributed by atoms with Gasteiger partial charge in [0.15, 0.2) is 0 Å². The van der Waals surface area contributed by atoms with E-state index in [1.807, 2.05) is 0 Å². The lowest BCUT2D eigenvalue weighted by Crippen LogP contribution is -2.54. The topological polar surface area (TPSA) is 270 Å². The molecule has 3 atom stereocenters. The molecule has 11 N–H and O–H groups in total. The first-order valence-corrected chi connectivity index (χ1v) is 15.0. The van der Waals surface area contributed by atoms with E-state index in [2.05, 4.69) is 26.6 Å². The molecule has 0 saturated carbocycles.